The number of aromatic nitrogens is 1. The van der Waals surface area contributed by atoms with Gasteiger partial charge >= 0.3 is 0 Å². The Kier molecular flexibility index (Phi) is 4.26. The largest absolute Gasteiger partial charge is 0.335 e. The Balaban J connectivity index is 1.87. The summed E-state index contributed by atoms with van der Waals surface area (Å²) in [5.41, 5.74) is 1.48. The molecule has 1 amide bonds. The molecule has 0 spiro atoms. The maximum absolute atomic E-state index is 12.7. The van der Waals surface area contributed by atoms with Crippen LogP contribution in [0.3, 0.4) is 0 Å². The third kappa shape index (κ3) is 3.19. The molecule has 1 aliphatic rings. The summed E-state index contributed by atoms with van der Waals surface area (Å²) in [6.45, 7) is 0.525. The van der Waals surface area contributed by atoms with Crippen molar-refractivity contribution in [3.05, 3.63) is 51.9 Å². The molecule has 0 radical (unpaired) electrons. The zero-order valence-electron chi connectivity index (χ0n) is 11.8. The van der Waals surface area contributed by atoms with Crippen LogP contribution in [0.5, 0.6) is 0 Å². The SMILES string of the molecule is O=C(c1cccn1-c1cccc(I)c1)N1CCS(=O)(=O)CC1. The van der Waals surface area contributed by atoms with Crippen LogP contribution in [0.2, 0.25) is 0 Å². The van der Waals surface area contributed by atoms with Gasteiger partial charge in [-0.1, -0.05) is 6.07 Å². The summed E-state index contributed by atoms with van der Waals surface area (Å²) in [6.07, 6.45) is 1.85. The zero-order valence-corrected chi connectivity index (χ0v) is 14.7. The first kappa shape index (κ1) is 15.5. The topological polar surface area (TPSA) is 59.4 Å². The van der Waals surface area contributed by atoms with Gasteiger partial charge in [0, 0.05) is 28.5 Å². The molecule has 2 heterocycles. The van der Waals surface area contributed by atoms with Gasteiger partial charge in [-0.2, -0.15) is 0 Å². The highest BCUT2D eigenvalue weighted by molar-refractivity contribution is 14.1. The van der Waals surface area contributed by atoms with E-state index in [1.165, 1.54) is 0 Å². The first-order valence-corrected chi connectivity index (χ1v) is 9.79. The lowest BCUT2D eigenvalue weighted by Gasteiger charge is -2.27. The molecule has 1 saturated heterocycles. The predicted molar refractivity (Wildman–Crippen MR) is 93.0 cm³/mol. The lowest BCUT2D eigenvalue weighted by molar-refractivity contribution is 0.0762. The van der Waals surface area contributed by atoms with Crippen LogP contribution in [-0.2, 0) is 9.84 Å². The smallest absolute Gasteiger partial charge is 0.270 e. The molecule has 7 heteroatoms. The number of benzene rings is 1. The van der Waals surface area contributed by atoms with Gasteiger partial charge < -0.3 is 9.47 Å². The molecule has 0 atom stereocenters. The van der Waals surface area contributed by atoms with Gasteiger partial charge in [0.15, 0.2) is 9.84 Å². The maximum atomic E-state index is 12.7. The highest BCUT2D eigenvalue weighted by atomic mass is 127. The molecule has 3 rings (SSSR count). The van der Waals surface area contributed by atoms with Crippen molar-refractivity contribution in [3.8, 4) is 5.69 Å². The van der Waals surface area contributed by atoms with Crippen molar-refractivity contribution in [2.24, 2.45) is 0 Å². The summed E-state index contributed by atoms with van der Waals surface area (Å²) in [7, 11) is -2.99. The van der Waals surface area contributed by atoms with Crippen molar-refractivity contribution in [1.82, 2.24) is 9.47 Å². The van der Waals surface area contributed by atoms with E-state index in [2.05, 4.69) is 22.6 Å². The van der Waals surface area contributed by atoms with E-state index in [9.17, 15) is 13.2 Å². The number of nitrogens with zero attached hydrogens (tertiary/aromatic N) is 2. The molecule has 0 bridgehead atoms. The van der Waals surface area contributed by atoms with Gasteiger partial charge in [-0.25, -0.2) is 8.42 Å². The van der Waals surface area contributed by atoms with E-state index < -0.39 is 9.84 Å². The molecule has 5 nitrogen and oxygen atoms in total. The number of sulfone groups is 1. The summed E-state index contributed by atoms with van der Waals surface area (Å²) in [4.78, 5) is 14.3. The van der Waals surface area contributed by atoms with Crippen LogP contribution in [-0.4, -0.2) is 48.4 Å². The molecule has 0 N–H and O–H groups in total. The second-order valence-corrected chi connectivity index (χ2v) is 8.74. The van der Waals surface area contributed by atoms with Crippen molar-refractivity contribution in [2.45, 2.75) is 0 Å². The monoisotopic (exact) mass is 430 g/mol. The summed E-state index contributed by atoms with van der Waals surface area (Å²) < 4.78 is 25.9. The van der Waals surface area contributed by atoms with E-state index in [1.807, 2.05) is 41.1 Å². The van der Waals surface area contributed by atoms with Gasteiger partial charge in [0.1, 0.15) is 5.69 Å². The van der Waals surface area contributed by atoms with Crippen LogP contribution in [0, 0.1) is 3.57 Å². The third-order valence-electron chi connectivity index (χ3n) is 3.69. The minimum Gasteiger partial charge on any atom is -0.335 e. The average Bonchev–Trinajstić information content (AvgIpc) is 2.96. The lowest BCUT2D eigenvalue weighted by Crippen LogP contribution is -2.44. The van der Waals surface area contributed by atoms with Crippen LogP contribution in [0.4, 0.5) is 0 Å². The number of carbonyl (C=O) groups is 1. The standard InChI is InChI=1S/C15H15IN2O3S/c16-12-3-1-4-13(11-12)18-6-2-5-14(18)15(19)17-7-9-22(20,21)10-8-17/h1-6,11H,7-10H2. The third-order valence-corrected chi connectivity index (χ3v) is 5.97. The summed E-state index contributed by atoms with van der Waals surface area (Å²) in [5.74, 6) is -0.0375. The number of halogens is 1. The molecule has 22 heavy (non-hydrogen) atoms. The highest BCUT2D eigenvalue weighted by Crippen LogP contribution is 2.18. The van der Waals surface area contributed by atoms with Crippen molar-refractivity contribution >= 4 is 38.3 Å². The summed E-state index contributed by atoms with van der Waals surface area (Å²) in [5, 5.41) is 0. The molecule has 2 aromatic rings. The van der Waals surface area contributed by atoms with E-state index in [0.717, 1.165) is 9.26 Å². The number of carbonyl (C=O) groups excluding carboxylic acids is 1. The van der Waals surface area contributed by atoms with Gasteiger partial charge in [0.2, 0.25) is 0 Å². The van der Waals surface area contributed by atoms with Gasteiger partial charge in [-0.05, 0) is 52.9 Å². The van der Waals surface area contributed by atoms with Crippen LogP contribution in [0.15, 0.2) is 42.6 Å². The Labute approximate surface area is 143 Å². The minimum atomic E-state index is -2.99. The van der Waals surface area contributed by atoms with E-state index in [4.69, 9.17) is 0 Å². The second kappa shape index (κ2) is 6.04. The van der Waals surface area contributed by atoms with Crippen molar-refractivity contribution in [1.29, 1.82) is 0 Å². The Morgan fingerprint density at radius 2 is 1.82 bits per heavy atom. The van der Waals surface area contributed by atoms with Crippen LogP contribution < -0.4 is 0 Å². The maximum Gasteiger partial charge on any atom is 0.270 e. The lowest BCUT2D eigenvalue weighted by atomic mass is 10.3. The highest BCUT2D eigenvalue weighted by Gasteiger charge is 2.27. The quantitative estimate of drug-likeness (QED) is 0.685. The molecule has 0 unspecified atom stereocenters. The number of rotatable bonds is 2. The number of hydrogen-bond acceptors (Lipinski definition) is 3. The number of amides is 1. The summed E-state index contributed by atoms with van der Waals surface area (Å²) >= 11 is 2.23. The zero-order chi connectivity index (χ0) is 15.7. The van der Waals surface area contributed by atoms with Crippen molar-refractivity contribution in [2.75, 3.05) is 24.6 Å². The first-order chi connectivity index (χ1) is 10.5. The summed E-state index contributed by atoms with van der Waals surface area (Å²) in [6, 6.07) is 11.5. The van der Waals surface area contributed by atoms with Crippen molar-refractivity contribution < 1.29 is 13.2 Å². The van der Waals surface area contributed by atoms with E-state index in [0.29, 0.717) is 5.69 Å². The molecule has 1 aliphatic heterocycles. The van der Waals surface area contributed by atoms with Crippen molar-refractivity contribution in [3.63, 3.8) is 0 Å². The van der Waals surface area contributed by atoms with E-state index in [-0.39, 0.29) is 30.5 Å². The molecular formula is C15H15IN2O3S. The first-order valence-electron chi connectivity index (χ1n) is 6.89. The Hall–Kier alpha value is -1.35. The molecule has 1 fully saturated rings. The number of hydrogen-bond donors (Lipinski definition) is 0. The fourth-order valence-corrected chi connectivity index (χ4v) is 4.21. The normalized spacial score (nSPS) is 17.4. The average molecular weight is 430 g/mol. The fourth-order valence-electron chi connectivity index (χ4n) is 2.48. The predicted octanol–water partition coefficient (Wildman–Crippen LogP) is 1.95. The molecule has 1 aromatic heterocycles. The second-order valence-electron chi connectivity index (χ2n) is 5.19. The fraction of sp³-hybridized carbons (Fsp3) is 0.267. The van der Waals surface area contributed by atoms with Gasteiger partial charge in [0.05, 0.1) is 11.5 Å². The Morgan fingerprint density at radius 3 is 2.50 bits per heavy atom. The molecular weight excluding hydrogens is 415 g/mol. The van der Waals surface area contributed by atoms with E-state index in [1.54, 1.807) is 11.0 Å². The Bertz CT molecular complexity index is 800. The van der Waals surface area contributed by atoms with Gasteiger partial charge in [-0.3, -0.25) is 4.79 Å². The van der Waals surface area contributed by atoms with Gasteiger partial charge in [-0.15, -0.1) is 0 Å². The molecule has 1 aromatic carbocycles. The minimum absolute atomic E-state index is 0.0443. The van der Waals surface area contributed by atoms with Crippen LogP contribution >= 0.6 is 22.6 Å². The molecule has 0 aliphatic carbocycles. The van der Waals surface area contributed by atoms with Crippen LogP contribution in [0.1, 0.15) is 10.5 Å². The molecule has 116 valence electrons. The Morgan fingerprint density at radius 1 is 1.09 bits per heavy atom. The molecule has 0 saturated carbocycles. The van der Waals surface area contributed by atoms with E-state index >= 15 is 0 Å². The van der Waals surface area contributed by atoms with Gasteiger partial charge in [0.25, 0.3) is 5.91 Å². The van der Waals surface area contributed by atoms with Crippen LogP contribution in [0.25, 0.3) is 5.69 Å².